The van der Waals surface area contributed by atoms with Gasteiger partial charge in [0.05, 0.1) is 24.7 Å². The van der Waals surface area contributed by atoms with Crippen molar-refractivity contribution >= 4 is 11.9 Å². The second-order valence-corrected chi connectivity index (χ2v) is 9.05. The Hall–Kier alpha value is -3.06. The lowest BCUT2D eigenvalue weighted by atomic mass is 9.87. The van der Waals surface area contributed by atoms with Crippen LogP contribution in [0.2, 0.25) is 0 Å². The molecule has 3 unspecified atom stereocenters. The minimum absolute atomic E-state index is 0.0211. The van der Waals surface area contributed by atoms with Crippen molar-refractivity contribution in [1.82, 2.24) is 0 Å². The number of rotatable bonds is 7. The molecule has 1 aliphatic heterocycles. The second-order valence-electron chi connectivity index (χ2n) is 9.05. The smallest absolute Gasteiger partial charge is 0.345 e. The normalized spacial score (nSPS) is 20.6. The number of carbonyl (C=O) groups is 2. The first-order valence-corrected chi connectivity index (χ1v) is 11.1. The molecule has 7 heteroatoms. The Kier molecular flexibility index (Phi) is 7.64. The van der Waals surface area contributed by atoms with E-state index in [1.807, 2.05) is 26.8 Å². The van der Waals surface area contributed by atoms with Crippen molar-refractivity contribution in [3.8, 4) is 11.5 Å². The van der Waals surface area contributed by atoms with Crippen molar-refractivity contribution in [2.24, 2.45) is 11.8 Å². The van der Waals surface area contributed by atoms with E-state index >= 15 is 0 Å². The van der Waals surface area contributed by atoms with Crippen LogP contribution in [0.15, 0.2) is 47.6 Å². The van der Waals surface area contributed by atoms with Crippen molar-refractivity contribution in [1.29, 1.82) is 0 Å². The number of allylic oxidation sites excluding steroid dienone is 2. The average Bonchev–Trinajstić information content (AvgIpc) is 2.74. The largest absolute Gasteiger partial charge is 0.495 e. The molecule has 7 nitrogen and oxygen atoms in total. The number of carbonyl (C=O) groups excluding carboxylic acids is 2. The molecule has 1 heterocycles. The summed E-state index contributed by atoms with van der Waals surface area (Å²) in [5, 5.41) is 10.7. The Morgan fingerprint density at radius 3 is 2.70 bits per heavy atom. The summed E-state index contributed by atoms with van der Waals surface area (Å²) in [6.07, 6.45) is 2.61. The van der Waals surface area contributed by atoms with Gasteiger partial charge in [-0.3, -0.25) is 0 Å². The molecule has 0 bridgehead atoms. The maximum atomic E-state index is 13.0. The third-order valence-electron chi connectivity index (χ3n) is 5.51. The molecule has 0 saturated heterocycles. The fraction of sp³-hybridized carbons (Fsp3) is 0.462. The van der Waals surface area contributed by atoms with Crippen LogP contribution in [0, 0.1) is 11.8 Å². The van der Waals surface area contributed by atoms with Crippen LogP contribution in [0.4, 0.5) is 0 Å². The lowest BCUT2D eigenvalue weighted by Gasteiger charge is -2.33. The van der Waals surface area contributed by atoms with Gasteiger partial charge in [-0.2, -0.15) is 0 Å². The van der Waals surface area contributed by atoms with Crippen LogP contribution < -0.4 is 9.47 Å². The van der Waals surface area contributed by atoms with E-state index in [0.717, 1.165) is 11.1 Å². The van der Waals surface area contributed by atoms with Gasteiger partial charge in [0.1, 0.15) is 36.4 Å². The van der Waals surface area contributed by atoms with E-state index in [1.54, 1.807) is 25.1 Å². The summed E-state index contributed by atoms with van der Waals surface area (Å²) in [5.41, 5.74) is 2.49. The number of methoxy groups -OCH3 is 1. The number of ether oxygens (including phenoxy) is 4. The predicted molar refractivity (Wildman–Crippen MR) is 123 cm³/mol. The molecule has 2 aliphatic rings. The van der Waals surface area contributed by atoms with Gasteiger partial charge < -0.3 is 24.1 Å². The van der Waals surface area contributed by atoms with Crippen molar-refractivity contribution in [2.75, 3.05) is 20.3 Å². The zero-order valence-corrected chi connectivity index (χ0v) is 19.8. The van der Waals surface area contributed by atoms with E-state index < -0.39 is 24.1 Å². The lowest BCUT2D eigenvalue weighted by molar-refractivity contribution is -0.139. The Bertz CT molecular complexity index is 1000. The van der Waals surface area contributed by atoms with Crippen molar-refractivity contribution in [2.45, 2.75) is 46.3 Å². The molecule has 3 atom stereocenters. The number of benzene rings is 1. The van der Waals surface area contributed by atoms with Gasteiger partial charge in [0.25, 0.3) is 0 Å². The van der Waals surface area contributed by atoms with Crippen molar-refractivity contribution in [3.63, 3.8) is 0 Å². The maximum Gasteiger partial charge on any atom is 0.345 e. The minimum atomic E-state index is -0.816. The molecule has 0 saturated carbocycles. The second kappa shape index (κ2) is 10.3. The summed E-state index contributed by atoms with van der Waals surface area (Å²) in [4.78, 5) is 25.8. The summed E-state index contributed by atoms with van der Waals surface area (Å²) in [6, 6.07) is 3.30. The standard InChI is InChI=1S/C26H32O7/c1-14(2)9-20(27)18-7-8-21-22(24(18)30-6)26(29)32-13-17-10-16(5)11-19(23(17)33-21)25(28)31-12-15(3)4/h7-8,10-11,14,17,20,23,27H,3,9,12-13H2,1-2,4-6H3. The lowest BCUT2D eigenvalue weighted by Crippen LogP contribution is -2.39. The van der Waals surface area contributed by atoms with Gasteiger partial charge in [0, 0.05) is 5.56 Å². The van der Waals surface area contributed by atoms with Crippen molar-refractivity contribution < 1.29 is 33.6 Å². The number of aliphatic hydroxyl groups is 1. The quantitative estimate of drug-likeness (QED) is 0.483. The highest BCUT2D eigenvalue weighted by atomic mass is 16.6. The van der Waals surface area contributed by atoms with Gasteiger partial charge in [-0.15, -0.1) is 0 Å². The molecular formula is C26H32O7. The number of esters is 2. The summed E-state index contributed by atoms with van der Waals surface area (Å²) in [6.45, 7) is 11.5. The summed E-state index contributed by atoms with van der Waals surface area (Å²) >= 11 is 0. The highest BCUT2D eigenvalue weighted by Gasteiger charge is 2.38. The van der Waals surface area contributed by atoms with Crippen LogP contribution in [0.3, 0.4) is 0 Å². The van der Waals surface area contributed by atoms with Gasteiger partial charge in [0.2, 0.25) is 0 Å². The zero-order valence-electron chi connectivity index (χ0n) is 19.8. The van der Waals surface area contributed by atoms with E-state index in [1.165, 1.54) is 7.11 Å². The maximum absolute atomic E-state index is 13.0. The van der Waals surface area contributed by atoms with Gasteiger partial charge in [0.15, 0.2) is 0 Å². The number of aliphatic hydroxyl groups excluding tert-OH is 1. The van der Waals surface area contributed by atoms with E-state index in [2.05, 4.69) is 6.58 Å². The third kappa shape index (κ3) is 5.47. The van der Waals surface area contributed by atoms with Crippen LogP contribution >= 0.6 is 0 Å². The highest BCUT2D eigenvalue weighted by Crippen LogP contribution is 2.41. The van der Waals surface area contributed by atoms with Crippen LogP contribution in [0.5, 0.6) is 11.5 Å². The summed E-state index contributed by atoms with van der Waals surface area (Å²) in [5.74, 6) is -0.807. The van der Waals surface area contributed by atoms with Crippen molar-refractivity contribution in [3.05, 3.63) is 58.7 Å². The van der Waals surface area contributed by atoms with Gasteiger partial charge in [-0.05, 0) is 50.0 Å². The molecule has 0 amide bonds. The average molecular weight is 457 g/mol. The molecule has 0 spiro atoms. The molecular weight excluding hydrogens is 424 g/mol. The first-order valence-electron chi connectivity index (χ1n) is 11.1. The fourth-order valence-electron chi connectivity index (χ4n) is 4.07. The van der Waals surface area contributed by atoms with Crippen LogP contribution in [-0.4, -0.2) is 43.5 Å². The topological polar surface area (TPSA) is 91.3 Å². The predicted octanol–water partition coefficient (Wildman–Crippen LogP) is 4.31. The van der Waals surface area contributed by atoms with Gasteiger partial charge in [-0.25, -0.2) is 9.59 Å². The van der Waals surface area contributed by atoms with Gasteiger partial charge >= 0.3 is 11.9 Å². The molecule has 0 radical (unpaired) electrons. The Morgan fingerprint density at radius 1 is 1.33 bits per heavy atom. The summed E-state index contributed by atoms with van der Waals surface area (Å²) < 4.78 is 22.8. The molecule has 1 N–H and O–H groups in total. The highest BCUT2D eigenvalue weighted by molar-refractivity contribution is 5.97. The molecule has 1 aliphatic carbocycles. The molecule has 3 rings (SSSR count). The monoisotopic (exact) mass is 456 g/mol. The molecule has 1 aromatic rings. The zero-order chi connectivity index (χ0) is 24.3. The number of fused-ring (bicyclic) bond motifs is 2. The van der Waals surface area contributed by atoms with E-state index in [9.17, 15) is 14.7 Å². The number of hydrogen-bond acceptors (Lipinski definition) is 7. The minimum Gasteiger partial charge on any atom is -0.495 e. The summed E-state index contributed by atoms with van der Waals surface area (Å²) in [7, 11) is 1.43. The fourth-order valence-corrected chi connectivity index (χ4v) is 4.07. The third-order valence-corrected chi connectivity index (χ3v) is 5.51. The van der Waals surface area contributed by atoms with E-state index in [0.29, 0.717) is 17.6 Å². The number of hydrogen-bond donors (Lipinski definition) is 1. The molecule has 1 aromatic carbocycles. The molecule has 0 aromatic heterocycles. The van der Waals surface area contributed by atoms with Crippen LogP contribution in [0.25, 0.3) is 0 Å². The molecule has 33 heavy (non-hydrogen) atoms. The first-order chi connectivity index (χ1) is 15.6. The van der Waals surface area contributed by atoms with E-state index in [4.69, 9.17) is 18.9 Å². The molecule has 0 fully saturated rings. The van der Waals surface area contributed by atoms with Crippen LogP contribution in [0.1, 0.15) is 56.1 Å². The first kappa shape index (κ1) is 24.6. The van der Waals surface area contributed by atoms with Gasteiger partial charge in [-0.1, -0.05) is 32.1 Å². The Labute approximate surface area is 194 Å². The Morgan fingerprint density at radius 2 is 2.06 bits per heavy atom. The SMILES string of the molecule is C=C(C)COC(=O)C1=CC(C)=CC2COC(=O)c3c(ccc(C(O)CC(C)C)c3OC)OC12. The van der Waals surface area contributed by atoms with E-state index in [-0.39, 0.29) is 42.1 Å². The number of cyclic esters (lactones) is 1. The Balaban J connectivity index is 2.02. The van der Waals surface area contributed by atoms with Crippen LogP contribution in [-0.2, 0) is 14.3 Å². The molecule has 178 valence electrons.